The van der Waals surface area contributed by atoms with E-state index in [4.69, 9.17) is 9.26 Å². The summed E-state index contributed by atoms with van der Waals surface area (Å²) in [5.74, 6) is 0.515. The zero-order chi connectivity index (χ0) is 18.2. The molecule has 0 aliphatic heterocycles. The fourth-order valence-corrected chi connectivity index (χ4v) is 2.99. The highest BCUT2D eigenvalue weighted by Crippen LogP contribution is 2.27. The molecule has 1 aromatic heterocycles. The Balaban J connectivity index is 2.00. The molecule has 0 aliphatic carbocycles. The van der Waals surface area contributed by atoms with Gasteiger partial charge in [-0.05, 0) is 32.4 Å². The summed E-state index contributed by atoms with van der Waals surface area (Å²) < 4.78 is 10.3. The average molecular weight is 362 g/mol. The topological polar surface area (TPSA) is 81.4 Å². The lowest BCUT2D eigenvalue weighted by molar-refractivity contribution is -0.129. The van der Waals surface area contributed by atoms with Gasteiger partial charge in [-0.25, -0.2) is 4.79 Å². The molecule has 7 heteroatoms. The fraction of sp³-hybridized carbons (Fsp3) is 0.389. The van der Waals surface area contributed by atoms with Gasteiger partial charge in [0, 0.05) is 23.3 Å². The molecule has 2 rings (SSSR count). The summed E-state index contributed by atoms with van der Waals surface area (Å²) in [5, 5.41) is 6.65. The molecule has 0 bridgehead atoms. The Kier molecular flexibility index (Phi) is 7.06. The van der Waals surface area contributed by atoms with E-state index in [1.165, 1.54) is 11.8 Å². The van der Waals surface area contributed by atoms with Crippen LogP contribution in [0.2, 0.25) is 0 Å². The maximum absolute atomic E-state index is 12.4. The predicted molar refractivity (Wildman–Crippen MR) is 95.4 cm³/mol. The molecule has 1 atom stereocenters. The second-order valence-corrected chi connectivity index (χ2v) is 6.57. The number of carbonyl (C=O) groups excluding carboxylic acids is 2. The lowest BCUT2D eigenvalue weighted by atomic mass is 10.2. The Morgan fingerprint density at radius 2 is 2.12 bits per heavy atom. The summed E-state index contributed by atoms with van der Waals surface area (Å²) in [4.78, 5) is 25.0. The molecule has 6 nitrogen and oxygen atoms in total. The first kappa shape index (κ1) is 19.1. The number of nitrogens with one attached hydrogen (secondary N) is 1. The smallest absolute Gasteiger partial charge is 0.340 e. The van der Waals surface area contributed by atoms with Crippen LogP contribution in [0.15, 0.2) is 39.8 Å². The molecule has 0 fully saturated rings. The molecular formula is C18H22N2O4S. The monoisotopic (exact) mass is 362 g/mol. The molecule has 0 saturated heterocycles. The fourth-order valence-electron chi connectivity index (χ4n) is 2.07. The van der Waals surface area contributed by atoms with E-state index in [1.807, 2.05) is 32.0 Å². The van der Waals surface area contributed by atoms with Gasteiger partial charge in [-0.3, -0.25) is 4.79 Å². The van der Waals surface area contributed by atoms with E-state index in [0.29, 0.717) is 17.9 Å². The maximum atomic E-state index is 12.4. The third-order valence-corrected chi connectivity index (χ3v) is 4.47. The molecule has 1 aromatic carbocycles. The number of benzene rings is 1. The number of thioether (sulfide) groups is 1. The molecule has 0 unspecified atom stereocenters. The van der Waals surface area contributed by atoms with Crippen LogP contribution in [0.25, 0.3) is 0 Å². The van der Waals surface area contributed by atoms with Gasteiger partial charge in [0.15, 0.2) is 6.10 Å². The van der Waals surface area contributed by atoms with E-state index in [0.717, 1.165) is 22.8 Å². The van der Waals surface area contributed by atoms with Crippen molar-refractivity contribution in [1.29, 1.82) is 0 Å². The van der Waals surface area contributed by atoms with Gasteiger partial charge in [0.2, 0.25) is 0 Å². The largest absolute Gasteiger partial charge is 0.449 e. The molecular weight excluding hydrogens is 340 g/mol. The normalized spacial score (nSPS) is 11.8. The van der Waals surface area contributed by atoms with Crippen LogP contribution in [-0.2, 0) is 15.3 Å². The number of esters is 1. The Bertz CT molecular complexity index is 729. The van der Waals surface area contributed by atoms with Crippen molar-refractivity contribution in [1.82, 2.24) is 10.5 Å². The van der Waals surface area contributed by atoms with Crippen molar-refractivity contribution in [2.24, 2.45) is 0 Å². The third kappa shape index (κ3) is 5.63. The number of hydrogen-bond acceptors (Lipinski definition) is 6. The van der Waals surface area contributed by atoms with Gasteiger partial charge in [0.1, 0.15) is 5.76 Å². The number of aromatic nitrogens is 1. The highest BCUT2D eigenvalue weighted by molar-refractivity contribution is 7.98. The lowest BCUT2D eigenvalue weighted by Gasteiger charge is -2.14. The van der Waals surface area contributed by atoms with Crippen molar-refractivity contribution < 1.29 is 18.8 Å². The minimum atomic E-state index is -0.838. The molecule has 0 spiro atoms. The van der Waals surface area contributed by atoms with Gasteiger partial charge in [-0.15, -0.1) is 11.8 Å². The van der Waals surface area contributed by atoms with Gasteiger partial charge in [0.25, 0.3) is 5.91 Å². The van der Waals surface area contributed by atoms with Crippen LogP contribution >= 0.6 is 11.8 Å². The highest BCUT2D eigenvalue weighted by Gasteiger charge is 2.20. The standard InChI is InChI=1S/C18H22N2O4S/c1-4-9-19-17(21)13(3)23-18(22)15-7-5-6-8-16(15)25-11-14-10-12(2)24-20-14/h5-8,10,13H,4,9,11H2,1-3H3,(H,19,21)/t13-/m0/s1. The van der Waals surface area contributed by atoms with E-state index in [-0.39, 0.29) is 5.91 Å². The quantitative estimate of drug-likeness (QED) is 0.573. The van der Waals surface area contributed by atoms with E-state index in [1.54, 1.807) is 19.1 Å². The molecule has 1 amide bonds. The molecule has 25 heavy (non-hydrogen) atoms. The van der Waals surface area contributed by atoms with E-state index < -0.39 is 12.1 Å². The van der Waals surface area contributed by atoms with Gasteiger partial charge < -0.3 is 14.6 Å². The van der Waals surface area contributed by atoms with Gasteiger partial charge >= 0.3 is 5.97 Å². The number of rotatable bonds is 8. The van der Waals surface area contributed by atoms with Crippen LogP contribution in [0.4, 0.5) is 0 Å². The van der Waals surface area contributed by atoms with Crippen molar-refractivity contribution in [2.45, 2.75) is 43.9 Å². The first-order valence-corrected chi connectivity index (χ1v) is 9.12. The predicted octanol–water partition coefficient (Wildman–Crippen LogP) is 3.35. The van der Waals surface area contributed by atoms with Crippen molar-refractivity contribution in [3.05, 3.63) is 47.3 Å². The van der Waals surface area contributed by atoms with Crippen molar-refractivity contribution in [3.63, 3.8) is 0 Å². The van der Waals surface area contributed by atoms with E-state index in [2.05, 4.69) is 10.5 Å². The Morgan fingerprint density at radius 3 is 2.80 bits per heavy atom. The zero-order valence-electron chi connectivity index (χ0n) is 14.6. The van der Waals surface area contributed by atoms with Crippen LogP contribution in [0.5, 0.6) is 0 Å². The summed E-state index contributed by atoms with van der Waals surface area (Å²) in [6.07, 6.45) is -0.0109. The molecule has 0 radical (unpaired) electrons. The summed E-state index contributed by atoms with van der Waals surface area (Å²) in [7, 11) is 0. The number of carbonyl (C=O) groups is 2. The number of nitrogens with zero attached hydrogens (tertiary/aromatic N) is 1. The van der Waals surface area contributed by atoms with Gasteiger partial charge in [0.05, 0.1) is 11.3 Å². The Morgan fingerprint density at radius 1 is 1.36 bits per heavy atom. The Labute approximate surface area is 151 Å². The van der Waals surface area contributed by atoms with Crippen LogP contribution in [-0.4, -0.2) is 29.7 Å². The van der Waals surface area contributed by atoms with Crippen LogP contribution < -0.4 is 5.32 Å². The first-order valence-electron chi connectivity index (χ1n) is 8.14. The minimum absolute atomic E-state index is 0.293. The highest BCUT2D eigenvalue weighted by atomic mass is 32.2. The molecule has 1 N–H and O–H groups in total. The van der Waals surface area contributed by atoms with Crippen molar-refractivity contribution in [2.75, 3.05) is 6.54 Å². The molecule has 0 aliphatic rings. The molecule has 134 valence electrons. The zero-order valence-corrected chi connectivity index (χ0v) is 15.4. The van der Waals surface area contributed by atoms with Crippen molar-refractivity contribution in [3.8, 4) is 0 Å². The van der Waals surface area contributed by atoms with E-state index >= 15 is 0 Å². The van der Waals surface area contributed by atoms with Gasteiger partial charge in [-0.2, -0.15) is 0 Å². The summed E-state index contributed by atoms with van der Waals surface area (Å²) in [6.45, 7) is 5.92. The Hall–Kier alpha value is -2.28. The summed E-state index contributed by atoms with van der Waals surface area (Å²) >= 11 is 1.47. The van der Waals surface area contributed by atoms with Crippen LogP contribution in [0.1, 0.15) is 42.1 Å². The maximum Gasteiger partial charge on any atom is 0.340 e. The van der Waals surface area contributed by atoms with E-state index in [9.17, 15) is 9.59 Å². The summed E-state index contributed by atoms with van der Waals surface area (Å²) in [5.41, 5.74) is 1.24. The van der Waals surface area contributed by atoms with Gasteiger partial charge in [-0.1, -0.05) is 24.2 Å². The molecule has 2 aromatic rings. The lowest BCUT2D eigenvalue weighted by Crippen LogP contribution is -2.36. The second kappa shape index (κ2) is 9.27. The number of amides is 1. The minimum Gasteiger partial charge on any atom is -0.449 e. The van der Waals surface area contributed by atoms with Crippen molar-refractivity contribution >= 4 is 23.6 Å². The van der Waals surface area contributed by atoms with Crippen LogP contribution in [0.3, 0.4) is 0 Å². The summed E-state index contributed by atoms with van der Waals surface area (Å²) in [6, 6.07) is 9.01. The third-order valence-electron chi connectivity index (χ3n) is 3.36. The SMILES string of the molecule is CCCNC(=O)[C@H](C)OC(=O)c1ccccc1SCc1cc(C)on1. The first-order chi connectivity index (χ1) is 12.0. The number of ether oxygens (including phenoxy) is 1. The van der Waals surface area contributed by atoms with Crippen LogP contribution in [0, 0.1) is 6.92 Å². The molecule has 0 saturated carbocycles. The second-order valence-electron chi connectivity index (χ2n) is 5.55. The number of aryl methyl sites for hydroxylation is 1. The molecule has 1 heterocycles. The average Bonchev–Trinajstić information content (AvgIpc) is 3.03. The number of hydrogen-bond donors (Lipinski definition) is 1.